The fourth-order valence-corrected chi connectivity index (χ4v) is 4.67. The number of amides is 1. The molecule has 37 heavy (non-hydrogen) atoms. The molecular weight excluding hydrogens is 466 g/mol. The van der Waals surface area contributed by atoms with E-state index in [1.165, 1.54) is 0 Å². The molecule has 2 aromatic heterocycles. The third-order valence-corrected chi connectivity index (χ3v) is 7.29. The highest BCUT2D eigenvalue weighted by molar-refractivity contribution is 6.06. The van der Waals surface area contributed by atoms with Gasteiger partial charge in [-0.2, -0.15) is 0 Å². The molecule has 8 nitrogen and oxygen atoms in total. The molecule has 1 saturated heterocycles. The molecular formula is C29H31N5O3. The number of anilines is 1. The standard InChI is InChI=1S/C29H31N5O3/c1-18(19(2)22-5-4-6-23-24(28(35)30-3)11-12-31-27(22)23)14-32-26-13-25(33-17-34-26)20-7-9-21(10-8-20)29(36)15-37-16-29/h4-13,17-19,36H,14-16H2,1-3H3,(H,30,35)(H,32,33,34)/t18-,19?/m1/s1. The summed E-state index contributed by atoms with van der Waals surface area (Å²) in [5.41, 5.74) is 4.32. The zero-order valence-corrected chi connectivity index (χ0v) is 21.2. The predicted molar refractivity (Wildman–Crippen MR) is 143 cm³/mol. The van der Waals surface area contributed by atoms with Crippen molar-refractivity contribution in [3.8, 4) is 11.3 Å². The Kier molecular flexibility index (Phi) is 6.86. The van der Waals surface area contributed by atoms with Crippen LogP contribution in [-0.2, 0) is 10.3 Å². The lowest BCUT2D eigenvalue weighted by atomic mass is 9.87. The Morgan fingerprint density at radius 1 is 1.08 bits per heavy atom. The van der Waals surface area contributed by atoms with E-state index in [-0.39, 0.29) is 17.7 Å². The maximum absolute atomic E-state index is 12.3. The number of nitrogens with zero attached hydrogens (tertiary/aromatic N) is 3. The second-order valence-corrected chi connectivity index (χ2v) is 9.72. The van der Waals surface area contributed by atoms with E-state index in [0.717, 1.165) is 39.1 Å². The minimum atomic E-state index is -0.882. The topological polar surface area (TPSA) is 109 Å². The highest BCUT2D eigenvalue weighted by Gasteiger charge is 2.37. The van der Waals surface area contributed by atoms with Crippen molar-refractivity contribution in [1.29, 1.82) is 0 Å². The molecule has 1 fully saturated rings. The molecule has 1 aliphatic heterocycles. The van der Waals surface area contributed by atoms with Crippen molar-refractivity contribution in [2.24, 2.45) is 5.92 Å². The van der Waals surface area contributed by atoms with Gasteiger partial charge in [0.15, 0.2) is 0 Å². The van der Waals surface area contributed by atoms with Crippen LogP contribution in [0, 0.1) is 5.92 Å². The van der Waals surface area contributed by atoms with Gasteiger partial charge in [-0.25, -0.2) is 9.97 Å². The number of rotatable bonds is 8. The Morgan fingerprint density at radius 2 is 1.86 bits per heavy atom. The van der Waals surface area contributed by atoms with Gasteiger partial charge in [0.2, 0.25) is 0 Å². The summed E-state index contributed by atoms with van der Waals surface area (Å²) < 4.78 is 5.16. The predicted octanol–water partition coefficient (Wildman–Crippen LogP) is 4.12. The van der Waals surface area contributed by atoms with Gasteiger partial charge in [0.05, 0.1) is 30.0 Å². The zero-order valence-electron chi connectivity index (χ0n) is 21.2. The van der Waals surface area contributed by atoms with E-state index >= 15 is 0 Å². The van der Waals surface area contributed by atoms with Crippen molar-refractivity contribution in [1.82, 2.24) is 20.3 Å². The highest BCUT2D eigenvalue weighted by atomic mass is 16.5. The van der Waals surface area contributed by atoms with Crippen molar-refractivity contribution in [2.75, 3.05) is 32.1 Å². The Balaban J connectivity index is 1.29. The third-order valence-electron chi connectivity index (χ3n) is 7.29. The second-order valence-electron chi connectivity index (χ2n) is 9.72. The maximum Gasteiger partial charge on any atom is 0.251 e. The van der Waals surface area contributed by atoms with Crippen molar-refractivity contribution >= 4 is 22.6 Å². The number of carbonyl (C=O) groups excluding carboxylic acids is 1. The summed E-state index contributed by atoms with van der Waals surface area (Å²) in [6.45, 7) is 5.73. The van der Waals surface area contributed by atoms with Crippen LogP contribution in [-0.4, -0.2) is 52.8 Å². The molecule has 4 aromatic rings. The minimum Gasteiger partial charge on any atom is -0.380 e. The molecule has 2 atom stereocenters. The first-order valence-corrected chi connectivity index (χ1v) is 12.5. The second kappa shape index (κ2) is 10.2. The van der Waals surface area contributed by atoms with Crippen LogP contribution < -0.4 is 10.6 Å². The van der Waals surface area contributed by atoms with Gasteiger partial charge in [-0.1, -0.05) is 56.3 Å². The van der Waals surface area contributed by atoms with Gasteiger partial charge < -0.3 is 20.5 Å². The summed E-state index contributed by atoms with van der Waals surface area (Å²) in [5, 5.41) is 17.5. The number of fused-ring (bicyclic) bond motifs is 1. The van der Waals surface area contributed by atoms with Crippen molar-refractivity contribution in [2.45, 2.75) is 25.4 Å². The number of aliphatic hydroxyl groups is 1. The molecule has 0 spiro atoms. The maximum atomic E-state index is 12.3. The van der Waals surface area contributed by atoms with Crippen molar-refractivity contribution in [3.63, 3.8) is 0 Å². The number of ether oxygens (including phenoxy) is 1. The quantitative estimate of drug-likeness (QED) is 0.336. The number of nitrogens with one attached hydrogen (secondary N) is 2. The smallest absolute Gasteiger partial charge is 0.251 e. The fourth-order valence-electron chi connectivity index (χ4n) is 4.67. The van der Waals surface area contributed by atoms with Crippen LogP contribution in [0.1, 0.15) is 41.3 Å². The first-order chi connectivity index (χ1) is 17.9. The van der Waals surface area contributed by atoms with E-state index in [4.69, 9.17) is 4.74 Å². The van der Waals surface area contributed by atoms with Crippen molar-refractivity contribution in [3.05, 3.63) is 83.8 Å². The van der Waals surface area contributed by atoms with Gasteiger partial charge in [-0.05, 0) is 29.0 Å². The molecule has 0 radical (unpaired) electrons. The van der Waals surface area contributed by atoms with Crippen LogP contribution in [0.3, 0.4) is 0 Å². The van der Waals surface area contributed by atoms with E-state index in [1.54, 1.807) is 25.6 Å². The van der Waals surface area contributed by atoms with Crippen LogP contribution in [0.2, 0.25) is 0 Å². The van der Waals surface area contributed by atoms with Crippen LogP contribution in [0.5, 0.6) is 0 Å². The van der Waals surface area contributed by atoms with Crippen molar-refractivity contribution < 1.29 is 14.6 Å². The van der Waals surface area contributed by atoms with Crippen LogP contribution in [0.4, 0.5) is 5.82 Å². The zero-order chi connectivity index (χ0) is 26.0. The van der Waals surface area contributed by atoms with Crippen LogP contribution >= 0.6 is 0 Å². The lowest BCUT2D eigenvalue weighted by Gasteiger charge is -2.36. The van der Waals surface area contributed by atoms with Crippen LogP contribution in [0.25, 0.3) is 22.2 Å². The van der Waals surface area contributed by atoms with Crippen LogP contribution in [0.15, 0.2) is 67.1 Å². The Bertz CT molecular complexity index is 1420. The highest BCUT2D eigenvalue weighted by Crippen LogP contribution is 2.32. The molecule has 5 rings (SSSR count). The third kappa shape index (κ3) is 4.90. The van der Waals surface area contributed by atoms with Gasteiger partial charge in [0.1, 0.15) is 17.7 Å². The molecule has 1 unspecified atom stereocenters. The molecule has 0 bridgehead atoms. The summed E-state index contributed by atoms with van der Waals surface area (Å²) in [4.78, 5) is 25.8. The molecule has 1 amide bonds. The molecule has 0 saturated carbocycles. The SMILES string of the molecule is CNC(=O)c1ccnc2c(C(C)[C@H](C)CNc3cc(-c4ccc(C5(O)COC5)cc4)ncn3)cccc12. The fraction of sp³-hybridized carbons (Fsp3) is 0.310. The summed E-state index contributed by atoms with van der Waals surface area (Å²) >= 11 is 0. The number of aromatic nitrogens is 3. The largest absolute Gasteiger partial charge is 0.380 e. The molecule has 3 N–H and O–H groups in total. The Hall–Kier alpha value is -3.88. The van der Waals surface area contributed by atoms with E-state index in [9.17, 15) is 9.90 Å². The molecule has 3 heterocycles. The summed E-state index contributed by atoms with van der Waals surface area (Å²) in [6, 6.07) is 17.5. The van der Waals surface area contributed by atoms with Gasteiger partial charge in [-0.3, -0.25) is 9.78 Å². The Morgan fingerprint density at radius 3 is 2.57 bits per heavy atom. The molecule has 8 heteroatoms. The first kappa shape index (κ1) is 24.8. The normalized spacial score (nSPS) is 16.0. The number of pyridine rings is 1. The molecule has 1 aliphatic rings. The lowest BCUT2D eigenvalue weighted by molar-refractivity contribution is -0.184. The van der Waals surface area contributed by atoms with E-state index < -0.39 is 5.60 Å². The molecule has 2 aromatic carbocycles. The first-order valence-electron chi connectivity index (χ1n) is 12.5. The summed E-state index contributed by atoms with van der Waals surface area (Å²) in [7, 11) is 1.64. The molecule has 0 aliphatic carbocycles. The van der Waals surface area contributed by atoms with E-state index in [1.807, 2.05) is 42.5 Å². The number of hydrogen-bond donors (Lipinski definition) is 3. The Labute approximate surface area is 216 Å². The summed E-state index contributed by atoms with van der Waals surface area (Å²) in [5.74, 6) is 1.09. The average molecular weight is 498 g/mol. The number of carbonyl (C=O) groups is 1. The number of hydrogen-bond acceptors (Lipinski definition) is 7. The summed E-state index contributed by atoms with van der Waals surface area (Å²) in [6.07, 6.45) is 3.25. The van der Waals surface area contributed by atoms with Gasteiger partial charge in [0, 0.05) is 36.8 Å². The number of benzene rings is 2. The average Bonchev–Trinajstić information content (AvgIpc) is 2.93. The van der Waals surface area contributed by atoms with E-state index in [0.29, 0.717) is 25.3 Å². The van der Waals surface area contributed by atoms with Gasteiger partial charge in [-0.15, -0.1) is 0 Å². The van der Waals surface area contributed by atoms with Gasteiger partial charge in [0.25, 0.3) is 5.91 Å². The van der Waals surface area contributed by atoms with E-state index in [2.05, 4.69) is 45.5 Å². The monoisotopic (exact) mass is 497 g/mol. The minimum absolute atomic E-state index is 0.117. The number of para-hydroxylation sites is 1. The van der Waals surface area contributed by atoms with Gasteiger partial charge >= 0.3 is 0 Å². The molecule has 190 valence electrons. The lowest BCUT2D eigenvalue weighted by Crippen LogP contribution is -2.46.